The van der Waals surface area contributed by atoms with Crippen LogP contribution in [0.1, 0.15) is 17.7 Å². The van der Waals surface area contributed by atoms with Crippen LogP contribution in [0.5, 0.6) is 0 Å². The lowest BCUT2D eigenvalue weighted by molar-refractivity contribution is 0.569. The van der Waals surface area contributed by atoms with Crippen molar-refractivity contribution < 1.29 is 13.2 Å². The summed E-state index contributed by atoms with van der Waals surface area (Å²) in [6.45, 7) is 0. The first kappa shape index (κ1) is 24.0. The van der Waals surface area contributed by atoms with Gasteiger partial charge in [-0.3, -0.25) is 5.01 Å². The Balaban J connectivity index is 1.45. The van der Waals surface area contributed by atoms with E-state index in [9.17, 15) is 13.6 Å². The Morgan fingerprint density at radius 1 is 0.800 bits per heavy atom. The fraction of sp³-hybridized carbons (Fsp3) is 0.0938. The Labute approximate surface area is 227 Å². The van der Waals surface area contributed by atoms with E-state index in [1.807, 2.05) is 35.3 Å². The molecule has 4 aromatic carbocycles. The summed E-state index contributed by atoms with van der Waals surface area (Å²) in [5.41, 5.74) is 3.93. The molecule has 0 radical (unpaired) electrons. The number of aromatic nitrogens is 2. The standard InChI is InChI=1S/C32H22F2N4O2/c33-21-10-14-23(15-11-21)37-25(18-20-6-2-1-3-7-20)19-27(35-37)31-29-30(26-8-4-5-9-28(26)40-32(29)39)36-38(31)24-16-12-22(34)13-17-24/h1-17,25H,18-19H2. The highest BCUT2D eigenvalue weighted by molar-refractivity contribution is 6.15. The smallest absolute Gasteiger partial charge is 0.348 e. The normalized spacial score (nSPS) is 15.2. The first-order chi connectivity index (χ1) is 19.5. The maximum absolute atomic E-state index is 13.9. The molecule has 0 saturated carbocycles. The van der Waals surface area contributed by atoms with Crippen LogP contribution in [-0.4, -0.2) is 21.5 Å². The summed E-state index contributed by atoms with van der Waals surface area (Å²) in [6.07, 6.45) is 1.16. The van der Waals surface area contributed by atoms with Crippen molar-refractivity contribution in [2.45, 2.75) is 18.9 Å². The zero-order valence-corrected chi connectivity index (χ0v) is 21.2. The van der Waals surface area contributed by atoms with Crippen molar-refractivity contribution in [2.24, 2.45) is 5.10 Å². The zero-order valence-electron chi connectivity index (χ0n) is 21.2. The molecule has 0 bridgehead atoms. The van der Waals surface area contributed by atoms with Gasteiger partial charge in [0.2, 0.25) is 0 Å². The van der Waals surface area contributed by atoms with E-state index in [1.54, 1.807) is 41.1 Å². The summed E-state index contributed by atoms with van der Waals surface area (Å²) in [5.74, 6) is -0.716. The predicted octanol–water partition coefficient (Wildman–Crippen LogP) is 6.64. The van der Waals surface area contributed by atoms with Crippen LogP contribution in [0, 0.1) is 11.6 Å². The van der Waals surface area contributed by atoms with Crippen LogP contribution < -0.4 is 10.6 Å². The van der Waals surface area contributed by atoms with Crippen molar-refractivity contribution >= 4 is 33.3 Å². The average molecular weight is 533 g/mol. The Morgan fingerprint density at radius 3 is 2.17 bits per heavy atom. The fourth-order valence-corrected chi connectivity index (χ4v) is 5.35. The lowest BCUT2D eigenvalue weighted by Crippen LogP contribution is -2.28. The fourth-order valence-electron chi connectivity index (χ4n) is 5.35. The molecular weight excluding hydrogens is 510 g/mol. The summed E-state index contributed by atoms with van der Waals surface area (Å²) in [6, 6.07) is 29.3. The van der Waals surface area contributed by atoms with E-state index in [-0.39, 0.29) is 17.7 Å². The summed E-state index contributed by atoms with van der Waals surface area (Å²) < 4.78 is 35.0. The molecular formula is C32H22F2N4O2. The number of nitrogens with zero attached hydrogens (tertiary/aromatic N) is 4. The van der Waals surface area contributed by atoms with Crippen LogP contribution in [0.3, 0.4) is 0 Å². The van der Waals surface area contributed by atoms with Gasteiger partial charge in [-0.25, -0.2) is 18.3 Å². The molecule has 0 amide bonds. The van der Waals surface area contributed by atoms with Gasteiger partial charge in [-0.2, -0.15) is 10.2 Å². The number of halogens is 2. The van der Waals surface area contributed by atoms with Gasteiger partial charge in [-0.1, -0.05) is 42.5 Å². The third-order valence-electron chi connectivity index (χ3n) is 7.19. The largest absolute Gasteiger partial charge is 0.422 e. The van der Waals surface area contributed by atoms with E-state index in [1.165, 1.54) is 24.3 Å². The maximum atomic E-state index is 13.9. The van der Waals surface area contributed by atoms with Gasteiger partial charge in [0.15, 0.2) is 0 Å². The molecule has 8 heteroatoms. The zero-order chi connectivity index (χ0) is 27.2. The minimum absolute atomic E-state index is 0.109. The van der Waals surface area contributed by atoms with Gasteiger partial charge in [0.05, 0.1) is 23.1 Å². The quantitative estimate of drug-likeness (QED) is 0.234. The molecule has 0 saturated heterocycles. The van der Waals surface area contributed by atoms with Gasteiger partial charge in [0.25, 0.3) is 0 Å². The summed E-state index contributed by atoms with van der Waals surface area (Å²) in [7, 11) is 0. The molecule has 0 N–H and O–H groups in total. The molecule has 6 aromatic rings. The number of fused-ring (bicyclic) bond motifs is 3. The number of hydrogen-bond acceptors (Lipinski definition) is 5. The van der Waals surface area contributed by atoms with Crippen LogP contribution in [0.15, 0.2) is 117 Å². The molecule has 3 heterocycles. The Kier molecular flexibility index (Phi) is 5.73. The molecule has 2 aromatic heterocycles. The second kappa shape index (κ2) is 9.57. The summed E-state index contributed by atoms with van der Waals surface area (Å²) in [5, 5.41) is 12.7. The number of rotatable bonds is 5. The number of anilines is 1. The Morgan fingerprint density at radius 2 is 1.45 bits per heavy atom. The lowest BCUT2D eigenvalue weighted by Gasteiger charge is -2.23. The molecule has 1 atom stereocenters. The van der Waals surface area contributed by atoms with Crippen LogP contribution in [0.4, 0.5) is 14.5 Å². The van der Waals surface area contributed by atoms with E-state index in [0.717, 1.165) is 11.3 Å². The van der Waals surface area contributed by atoms with E-state index >= 15 is 0 Å². The van der Waals surface area contributed by atoms with Crippen LogP contribution >= 0.6 is 0 Å². The Hall–Kier alpha value is -5.11. The van der Waals surface area contributed by atoms with Gasteiger partial charge in [0, 0.05) is 11.8 Å². The van der Waals surface area contributed by atoms with Crippen molar-refractivity contribution in [2.75, 3.05) is 5.01 Å². The highest BCUT2D eigenvalue weighted by atomic mass is 19.1. The molecule has 7 rings (SSSR count). The second-order valence-electron chi connectivity index (χ2n) is 9.76. The number of para-hydroxylation sites is 1. The molecule has 40 heavy (non-hydrogen) atoms. The van der Waals surface area contributed by atoms with Crippen LogP contribution in [-0.2, 0) is 6.42 Å². The first-order valence-electron chi connectivity index (χ1n) is 12.9. The van der Waals surface area contributed by atoms with Crippen molar-refractivity contribution in [3.8, 4) is 5.69 Å². The lowest BCUT2D eigenvalue weighted by atomic mass is 9.99. The number of hydrazone groups is 1. The highest BCUT2D eigenvalue weighted by Gasteiger charge is 2.33. The molecule has 1 aliphatic rings. The molecule has 0 spiro atoms. The molecule has 196 valence electrons. The third kappa shape index (κ3) is 4.14. The summed E-state index contributed by atoms with van der Waals surface area (Å²) >= 11 is 0. The van der Waals surface area contributed by atoms with Crippen LogP contribution in [0.25, 0.3) is 27.6 Å². The van der Waals surface area contributed by atoms with E-state index in [4.69, 9.17) is 14.6 Å². The number of benzene rings is 4. The molecule has 0 aliphatic carbocycles. The average Bonchev–Trinajstić information content (AvgIpc) is 3.57. The van der Waals surface area contributed by atoms with E-state index in [2.05, 4.69) is 12.1 Å². The SMILES string of the molecule is O=c1oc2ccccc2c2nn(-c3ccc(F)cc3)c(C3=NN(c4ccc(F)cc4)C(Cc4ccccc4)C3)c12. The molecule has 6 nitrogen and oxygen atoms in total. The molecule has 1 aliphatic heterocycles. The third-order valence-corrected chi connectivity index (χ3v) is 7.19. The topological polar surface area (TPSA) is 63.6 Å². The highest BCUT2D eigenvalue weighted by Crippen LogP contribution is 2.33. The monoisotopic (exact) mass is 532 g/mol. The minimum atomic E-state index is -0.528. The minimum Gasteiger partial charge on any atom is -0.422 e. The van der Waals surface area contributed by atoms with E-state index < -0.39 is 5.63 Å². The Bertz CT molecular complexity index is 1950. The van der Waals surface area contributed by atoms with Gasteiger partial charge >= 0.3 is 5.63 Å². The van der Waals surface area contributed by atoms with Gasteiger partial charge in [-0.05, 0) is 72.6 Å². The molecule has 1 unspecified atom stereocenters. The van der Waals surface area contributed by atoms with Crippen molar-refractivity contribution in [1.82, 2.24) is 9.78 Å². The van der Waals surface area contributed by atoms with Gasteiger partial charge < -0.3 is 4.42 Å². The number of hydrogen-bond donors (Lipinski definition) is 0. The van der Waals surface area contributed by atoms with Crippen LogP contribution in [0.2, 0.25) is 0 Å². The maximum Gasteiger partial charge on any atom is 0.348 e. The van der Waals surface area contributed by atoms with Gasteiger partial charge in [0.1, 0.15) is 33.8 Å². The first-order valence-corrected chi connectivity index (χ1v) is 12.9. The second-order valence-corrected chi connectivity index (χ2v) is 9.76. The van der Waals surface area contributed by atoms with Crippen molar-refractivity contribution in [3.05, 3.63) is 136 Å². The molecule has 0 fully saturated rings. The van der Waals surface area contributed by atoms with Crippen molar-refractivity contribution in [1.29, 1.82) is 0 Å². The predicted molar refractivity (Wildman–Crippen MR) is 151 cm³/mol. The van der Waals surface area contributed by atoms with Crippen molar-refractivity contribution in [3.63, 3.8) is 0 Å². The summed E-state index contributed by atoms with van der Waals surface area (Å²) in [4.78, 5) is 13.4. The van der Waals surface area contributed by atoms with E-state index in [0.29, 0.717) is 51.8 Å². The van der Waals surface area contributed by atoms with Gasteiger partial charge in [-0.15, -0.1) is 0 Å².